The molecule has 2 aromatic heterocycles. The van der Waals surface area contributed by atoms with Crippen LogP contribution in [0.5, 0.6) is 0 Å². The van der Waals surface area contributed by atoms with Gasteiger partial charge in [-0.05, 0) is 43.2 Å². The number of H-pyrrole nitrogens is 1. The number of nitrogens with zero attached hydrogens (tertiary/aromatic N) is 4. The molecular weight excluding hydrogens is 412 g/mol. The third-order valence-corrected chi connectivity index (χ3v) is 5.91. The van der Waals surface area contributed by atoms with Gasteiger partial charge in [-0.3, -0.25) is 9.89 Å². The minimum absolute atomic E-state index is 0.237. The van der Waals surface area contributed by atoms with Crippen molar-refractivity contribution in [3.05, 3.63) is 78.5 Å². The Morgan fingerprint density at radius 2 is 1.52 bits per heavy atom. The molecule has 4 aromatic rings. The lowest BCUT2D eigenvalue weighted by Crippen LogP contribution is -2.25. The summed E-state index contributed by atoms with van der Waals surface area (Å²) in [7, 11) is 0. The van der Waals surface area contributed by atoms with Crippen molar-refractivity contribution >= 4 is 17.4 Å². The minimum Gasteiger partial charge on any atom is -0.355 e. The molecule has 5 rings (SSSR count). The molecule has 1 fully saturated rings. The van der Waals surface area contributed by atoms with Gasteiger partial charge in [0.25, 0.3) is 5.91 Å². The second-order valence-electron chi connectivity index (χ2n) is 8.24. The molecule has 0 spiro atoms. The first-order valence-electron chi connectivity index (χ1n) is 11.4. The first-order valence-corrected chi connectivity index (χ1v) is 11.4. The summed E-state index contributed by atoms with van der Waals surface area (Å²) >= 11 is 0. The quantitative estimate of drug-likeness (QED) is 0.449. The summed E-state index contributed by atoms with van der Waals surface area (Å²) in [5.41, 5.74) is 4.57. The predicted octanol–water partition coefficient (Wildman–Crippen LogP) is 5.17. The van der Waals surface area contributed by atoms with Gasteiger partial charge >= 0.3 is 0 Å². The fourth-order valence-corrected chi connectivity index (χ4v) is 4.07. The Bertz CT molecular complexity index is 1190. The third-order valence-electron chi connectivity index (χ3n) is 5.91. The second kappa shape index (κ2) is 9.65. The highest BCUT2D eigenvalue weighted by Crippen LogP contribution is 2.23. The molecule has 0 aliphatic carbocycles. The van der Waals surface area contributed by atoms with Crippen LogP contribution in [0.2, 0.25) is 0 Å². The van der Waals surface area contributed by atoms with Gasteiger partial charge in [0.2, 0.25) is 0 Å². The van der Waals surface area contributed by atoms with Crippen LogP contribution in [0.4, 0.5) is 11.5 Å². The highest BCUT2D eigenvalue weighted by molar-refractivity contribution is 6.03. The average Bonchev–Trinajstić information content (AvgIpc) is 3.21. The maximum atomic E-state index is 12.6. The Hall–Kier alpha value is -4.00. The van der Waals surface area contributed by atoms with E-state index in [2.05, 4.69) is 30.6 Å². The monoisotopic (exact) mass is 438 g/mol. The SMILES string of the molecule is O=C(Nc1ccc(-c2ccc(N3CCCCCC3)nn2)cc1)c1cc(-c2ccccc2)n[nH]1. The van der Waals surface area contributed by atoms with Crippen molar-refractivity contribution in [2.24, 2.45) is 0 Å². The lowest BCUT2D eigenvalue weighted by Gasteiger charge is -2.20. The topological polar surface area (TPSA) is 86.8 Å². The lowest BCUT2D eigenvalue weighted by atomic mass is 10.1. The fraction of sp³-hybridized carbons (Fsp3) is 0.231. The van der Waals surface area contributed by atoms with Gasteiger partial charge in [0.05, 0.1) is 11.4 Å². The summed E-state index contributed by atoms with van der Waals surface area (Å²) in [6.07, 6.45) is 5.00. The summed E-state index contributed by atoms with van der Waals surface area (Å²) in [4.78, 5) is 14.9. The van der Waals surface area contributed by atoms with Crippen LogP contribution < -0.4 is 10.2 Å². The summed E-state index contributed by atoms with van der Waals surface area (Å²) < 4.78 is 0. The minimum atomic E-state index is -0.237. The van der Waals surface area contributed by atoms with Crippen LogP contribution in [0.3, 0.4) is 0 Å². The van der Waals surface area contributed by atoms with Gasteiger partial charge in [0, 0.05) is 29.9 Å². The van der Waals surface area contributed by atoms with E-state index in [0.717, 1.165) is 41.4 Å². The fourth-order valence-electron chi connectivity index (χ4n) is 4.07. The molecule has 2 N–H and O–H groups in total. The average molecular weight is 439 g/mol. The first kappa shape index (κ1) is 20.9. The molecule has 2 aromatic carbocycles. The number of anilines is 2. The van der Waals surface area contributed by atoms with Crippen molar-refractivity contribution in [2.75, 3.05) is 23.3 Å². The zero-order valence-corrected chi connectivity index (χ0v) is 18.4. The molecule has 1 aliphatic rings. The molecule has 7 heteroatoms. The van der Waals surface area contributed by atoms with E-state index in [1.54, 1.807) is 6.07 Å². The van der Waals surface area contributed by atoms with Crippen LogP contribution in [0.1, 0.15) is 36.2 Å². The lowest BCUT2D eigenvalue weighted by molar-refractivity contribution is 0.102. The zero-order valence-electron chi connectivity index (χ0n) is 18.4. The molecule has 0 bridgehead atoms. The number of carbonyl (C=O) groups is 1. The normalized spacial score (nSPS) is 14.0. The molecule has 1 aliphatic heterocycles. The van der Waals surface area contributed by atoms with Crippen LogP contribution in [0.15, 0.2) is 72.8 Å². The number of hydrogen-bond donors (Lipinski definition) is 2. The van der Waals surface area contributed by atoms with E-state index in [1.165, 1.54) is 25.7 Å². The van der Waals surface area contributed by atoms with Crippen LogP contribution in [0.25, 0.3) is 22.5 Å². The van der Waals surface area contributed by atoms with Crippen LogP contribution >= 0.6 is 0 Å². The Balaban J connectivity index is 1.23. The van der Waals surface area contributed by atoms with Gasteiger partial charge in [-0.15, -0.1) is 10.2 Å². The molecule has 7 nitrogen and oxygen atoms in total. The Kier molecular flexibility index (Phi) is 6.10. The van der Waals surface area contributed by atoms with E-state index in [9.17, 15) is 4.79 Å². The zero-order chi connectivity index (χ0) is 22.5. The van der Waals surface area contributed by atoms with E-state index < -0.39 is 0 Å². The maximum absolute atomic E-state index is 12.6. The molecule has 0 unspecified atom stereocenters. The van der Waals surface area contributed by atoms with Crippen molar-refractivity contribution in [1.29, 1.82) is 0 Å². The number of hydrogen-bond acceptors (Lipinski definition) is 5. The number of rotatable bonds is 5. The second-order valence-corrected chi connectivity index (χ2v) is 8.24. The van der Waals surface area contributed by atoms with Crippen molar-refractivity contribution in [3.63, 3.8) is 0 Å². The Morgan fingerprint density at radius 3 is 2.21 bits per heavy atom. The molecule has 0 radical (unpaired) electrons. The largest absolute Gasteiger partial charge is 0.355 e. The number of amides is 1. The molecule has 0 saturated carbocycles. The van der Waals surface area contributed by atoms with E-state index >= 15 is 0 Å². The molecule has 166 valence electrons. The summed E-state index contributed by atoms with van der Waals surface area (Å²) in [5, 5.41) is 18.9. The predicted molar refractivity (Wildman–Crippen MR) is 130 cm³/mol. The van der Waals surface area contributed by atoms with Crippen molar-refractivity contribution < 1.29 is 4.79 Å². The summed E-state index contributed by atoms with van der Waals surface area (Å²) in [6.45, 7) is 2.09. The van der Waals surface area contributed by atoms with Crippen molar-refractivity contribution in [1.82, 2.24) is 20.4 Å². The first-order chi connectivity index (χ1) is 16.3. The highest BCUT2D eigenvalue weighted by atomic mass is 16.1. The summed E-state index contributed by atoms with van der Waals surface area (Å²) in [6, 6.07) is 23.2. The van der Waals surface area contributed by atoms with Gasteiger partial charge in [-0.25, -0.2) is 0 Å². The van der Waals surface area contributed by atoms with Crippen molar-refractivity contribution in [2.45, 2.75) is 25.7 Å². The van der Waals surface area contributed by atoms with Gasteiger partial charge < -0.3 is 10.2 Å². The van der Waals surface area contributed by atoms with Crippen molar-refractivity contribution in [3.8, 4) is 22.5 Å². The number of carbonyl (C=O) groups excluding carboxylic acids is 1. The van der Waals surface area contributed by atoms with E-state index in [4.69, 9.17) is 0 Å². The van der Waals surface area contributed by atoms with E-state index in [1.807, 2.05) is 66.7 Å². The number of aromatic nitrogens is 4. The van der Waals surface area contributed by atoms with E-state index in [0.29, 0.717) is 11.4 Å². The maximum Gasteiger partial charge on any atom is 0.273 e. The summed E-state index contributed by atoms with van der Waals surface area (Å²) in [5.74, 6) is 0.706. The Labute approximate surface area is 192 Å². The molecule has 1 saturated heterocycles. The smallest absolute Gasteiger partial charge is 0.273 e. The molecule has 0 atom stereocenters. The number of aromatic amines is 1. The molecule has 33 heavy (non-hydrogen) atoms. The van der Waals surface area contributed by atoms with Crippen LogP contribution in [-0.4, -0.2) is 39.4 Å². The third kappa shape index (κ3) is 4.92. The Morgan fingerprint density at radius 1 is 0.788 bits per heavy atom. The van der Waals surface area contributed by atoms with Gasteiger partial charge in [-0.2, -0.15) is 5.10 Å². The number of nitrogens with one attached hydrogen (secondary N) is 2. The van der Waals surface area contributed by atoms with Gasteiger partial charge in [0.1, 0.15) is 5.69 Å². The molecule has 1 amide bonds. The van der Waals surface area contributed by atoms with Crippen LogP contribution in [-0.2, 0) is 0 Å². The van der Waals surface area contributed by atoms with E-state index in [-0.39, 0.29) is 5.91 Å². The van der Waals surface area contributed by atoms with Crippen LogP contribution in [0, 0.1) is 0 Å². The van der Waals surface area contributed by atoms with Gasteiger partial charge in [-0.1, -0.05) is 55.3 Å². The molecule has 3 heterocycles. The van der Waals surface area contributed by atoms with Gasteiger partial charge in [0.15, 0.2) is 5.82 Å². The highest BCUT2D eigenvalue weighted by Gasteiger charge is 2.13. The molecular formula is C26H26N6O. The number of benzene rings is 2. The standard InChI is InChI=1S/C26H26N6O/c33-26(24-18-23(29-30-24)19-8-4-3-5-9-19)27-21-12-10-20(11-13-21)22-14-15-25(31-28-22)32-16-6-1-2-7-17-32/h3-5,8-15,18H,1-2,6-7,16-17H2,(H,27,33)(H,29,30).